The van der Waals surface area contributed by atoms with Crippen LogP contribution in [0.2, 0.25) is 0 Å². The van der Waals surface area contributed by atoms with E-state index in [0.29, 0.717) is 25.1 Å². The number of hydrogen-bond donors (Lipinski definition) is 3. The van der Waals surface area contributed by atoms with E-state index in [1.165, 1.54) is 25.3 Å². The second-order valence-corrected chi connectivity index (χ2v) is 4.58. The van der Waals surface area contributed by atoms with E-state index in [0.717, 1.165) is 0 Å². The summed E-state index contributed by atoms with van der Waals surface area (Å²) >= 11 is 0. The first kappa shape index (κ1) is 17.5. The summed E-state index contributed by atoms with van der Waals surface area (Å²) in [4.78, 5) is 34.0. The Morgan fingerprint density at radius 1 is 1.18 bits per heavy atom. The average molecular weight is 308 g/mol. The molecule has 0 bridgehead atoms. The first-order chi connectivity index (χ1) is 10.5. The predicted octanol–water partition coefficient (Wildman–Crippen LogP) is 1.64. The third-order valence-corrected chi connectivity index (χ3v) is 2.90. The molecule has 0 radical (unpaired) electrons. The highest BCUT2D eigenvalue weighted by Crippen LogP contribution is 2.23. The van der Waals surface area contributed by atoms with Crippen molar-refractivity contribution in [2.75, 3.05) is 19.0 Å². The molecule has 3 N–H and O–H groups in total. The monoisotopic (exact) mass is 308 g/mol. The zero-order chi connectivity index (χ0) is 16.5. The molecular weight excluding hydrogens is 288 g/mol. The quantitative estimate of drug-likeness (QED) is 0.677. The number of methoxy groups -OCH3 is 1. The molecule has 0 aliphatic rings. The second kappa shape index (κ2) is 8.66. The fourth-order valence-corrected chi connectivity index (χ4v) is 1.86. The maximum atomic E-state index is 11.8. The van der Waals surface area contributed by atoms with Crippen molar-refractivity contribution in [3.63, 3.8) is 0 Å². The highest BCUT2D eigenvalue weighted by atomic mass is 16.5. The van der Waals surface area contributed by atoms with Crippen LogP contribution in [0.4, 0.5) is 5.69 Å². The molecule has 0 fully saturated rings. The van der Waals surface area contributed by atoms with E-state index >= 15 is 0 Å². The summed E-state index contributed by atoms with van der Waals surface area (Å²) in [6, 6.07) is 4.31. The predicted molar refractivity (Wildman–Crippen MR) is 81.1 cm³/mol. The SMILES string of the molecule is CCNC(=O)CCCC(=O)Nc1ccc(C(=O)O)c(OC)c1. The lowest BCUT2D eigenvalue weighted by Gasteiger charge is -2.09. The van der Waals surface area contributed by atoms with Crippen LogP contribution in [-0.4, -0.2) is 36.5 Å². The molecule has 1 aromatic carbocycles. The molecule has 0 aliphatic heterocycles. The molecule has 1 aromatic rings. The number of carbonyl (C=O) groups is 3. The van der Waals surface area contributed by atoms with Crippen LogP contribution in [0.25, 0.3) is 0 Å². The zero-order valence-electron chi connectivity index (χ0n) is 12.6. The molecule has 2 amide bonds. The molecule has 0 saturated heterocycles. The van der Waals surface area contributed by atoms with Gasteiger partial charge in [0.15, 0.2) is 0 Å². The van der Waals surface area contributed by atoms with E-state index in [-0.39, 0.29) is 29.5 Å². The molecule has 0 aromatic heterocycles. The summed E-state index contributed by atoms with van der Waals surface area (Å²) in [6.07, 6.45) is 0.949. The Labute approximate surface area is 128 Å². The van der Waals surface area contributed by atoms with Crippen molar-refractivity contribution in [3.8, 4) is 5.75 Å². The van der Waals surface area contributed by atoms with Gasteiger partial charge in [-0.1, -0.05) is 0 Å². The van der Waals surface area contributed by atoms with Crippen LogP contribution in [-0.2, 0) is 9.59 Å². The molecule has 0 atom stereocenters. The third kappa shape index (κ3) is 5.43. The van der Waals surface area contributed by atoms with Gasteiger partial charge < -0.3 is 20.5 Å². The van der Waals surface area contributed by atoms with Crippen LogP contribution in [0.15, 0.2) is 18.2 Å². The van der Waals surface area contributed by atoms with E-state index in [9.17, 15) is 14.4 Å². The molecule has 7 nitrogen and oxygen atoms in total. The largest absolute Gasteiger partial charge is 0.496 e. The van der Waals surface area contributed by atoms with Crippen molar-refractivity contribution in [1.82, 2.24) is 5.32 Å². The fourth-order valence-electron chi connectivity index (χ4n) is 1.86. The van der Waals surface area contributed by atoms with E-state index in [4.69, 9.17) is 9.84 Å². The van der Waals surface area contributed by atoms with Crippen molar-refractivity contribution in [1.29, 1.82) is 0 Å². The van der Waals surface area contributed by atoms with Gasteiger partial charge in [0.2, 0.25) is 11.8 Å². The van der Waals surface area contributed by atoms with Crippen molar-refractivity contribution in [2.24, 2.45) is 0 Å². The molecule has 1 rings (SSSR count). The molecule has 0 saturated carbocycles. The third-order valence-electron chi connectivity index (χ3n) is 2.90. The minimum atomic E-state index is -1.10. The number of nitrogens with one attached hydrogen (secondary N) is 2. The number of benzene rings is 1. The summed E-state index contributed by atoms with van der Waals surface area (Å²) in [5.74, 6) is -1.25. The number of carboxylic acids is 1. The molecular formula is C15H20N2O5. The standard InChI is InChI=1S/C15H20N2O5/c1-3-16-13(18)5-4-6-14(19)17-10-7-8-11(15(20)21)12(9-10)22-2/h7-9H,3-6H2,1-2H3,(H,16,18)(H,17,19)(H,20,21). The van der Waals surface area contributed by atoms with Crippen LogP contribution in [0, 0.1) is 0 Å². The van der Waals surface area contributed by atoms with E-state index < -0.39 is 5.97 Å². The molecule has 22 heavy (non-hydrogen) atoms. The zero-order valence-corrected chi connectivity index (χ0v) is 12.6. The Balaban J connectivity index is 2.54. The van der Waals surface area contributed by atoms with E-state index in [2.05, 4.69) is 10.6 Å². The van der Waals surface area contributed by atoms with Crippen LogP contribution in [0.5, 0.6) is 5.75 Å². The van der Waals surface area contributed by atoms with Crippen LogP contribution >= 0.6 is 0 Å². The number of carboxylic acid groups (broad SMARTS) is 1. The number of anilines is 1. The number of ether oxygens (including phenoxy) is 1. The van der Waals surface area contributed by atoms with E-state index in [1.54, 1.807) is 0 Å². The minimum absolute atomic E-state index is 0.0248. The lowest BCUT2D eigenvalue weighted by atomic mass is 10.1. The Morgan fingerprint density at radius 2 is 1.86 bits per heavy atom. The van der Waals surface area contributed by atoms with Crippen LogP contribution < -0.4 is 15.4 Å². The lowest BCUT2D eigenvalue weighted by molar-refractivity contribution is -0.121. The minimum Gasteiger partial charge on any atom is -0.496 e. The molecule has 0 aliphatic carbocycles. The van der Waals surface area contributed by atoms with Gasteiger partial charge in [-0.3, -0.25) is 9.59 Å². The van der Waals surface area contributed by atoms with Gasteiger partial charge in [-0.2, -0.15) is 0 Å². The maximum absolute atomic E-state index is 11.8. The van der Waals surface area contributed by atoms with Crippen molar-refractivity contribution in [2.45, 2.75) is 26.2 Å². The number of carbonyl (C=O) groups excluding carboxylic acids is 2. The molecule has 0 spiro atoms. The summed E-state index contributed by atoms with van der Waals surface area (Å²) < 4.78 is 4.98. The normalized spacial score (nSPS) is 9.91. The van der Waals surface area contributed by atoms with Crippen molar-refractivity contribution >= 4 is 23.5 Å². The number of rotatable bonds is 8. The lowest BCUT2D eigenvalue weighted by Crippen LogP contribution is -2.22. The summed E-state index contributed by atoms with van der Waals surface area (Å²) in [5.41, 5.74) is 0.474. The van der Waals surface area contributed by atoms with Gasteiger partial charge in [0, 0.05) is 31.1 Å². The van der Waals surface area contributed by atoms with Gasteiger partial charge >= 0.3 is 5.97 Å². The summed E-state index contributed by atoms with van der Waals surface area (Å²) in [6.45, 7) is 2.40. The van der Waals surface area contributed by atoms with E-state index in [1.807, 2.05) is 6.92 Å². The number of hydrogen-bond acceptors (Lipinski definition) is 4. The van der Waals surface area contributed by atoms with Gasteiger partial charge in [-0.15, -0.1) is 0 Å². The number of aromatic carboxylic acids is 1. The van der Waals surface area contributed by atoms with Gasteiger partial charge in [0.1, 0.15) is 11.3 Å². The Hall–Kier alpha value is -2.57. The summed E-state index contributed by atoms with van der Waals surface area (Å²) in [7, 11) is 1.36. The molecule has 7 heteroatoms. The average Bonchev–Trinajstić information content (AvgIpc) is 2.47. The highest BCUT2D eigenvalue weighted by molar-refractivity contribution is 5.94. The number of amides is 2. The van der Waals surface area contributed by atoms with Crippen molar-refractivity contribution < 1.29 is 24.2 Å². The topological polar surface area (TPSA) is 105 Å². The highest BCUT2D eigenvalue weighted by Gasteiger charge is 2.12. The molecule has 0 unspecified atom stereocenters. The Kier molecular flexibility index (Phi) is 6.88. The fraction of sp³-hybridized carbons (Fsp3) is 0.400. The van der Waals surface area contributed by atoms with Gasteiger partial charge in [0.25, 0.3) is 0 Å². The smallest absolute Gasteiger partial charge is 0.339 e. The second-order valence-electron chi connectivity index (χ2n) is 4.58. The van der Waals surface area contributed by atoms with Gasteiger partial charge in [-0.25, -0.2) is 4.79 Å². The molecule has 120 valence electrons. The van der Waals surface area contributed by atoms with Gasteiger partial charge in [-0.05, 0) is 25.5 Å². The van der Waals surface area contributed by atoms with Crippen molar-refractivity contribution in [3.05, 3.63) is 23.8 Å². The first-order valence-electron chi connectivity index (χ1n) is 6.95. The first-order valence-corrected chi connectivity index (χ1v) is 6.95. The van der Waals surface area contributed by atoms with Crippen LogP contribution in [0.1, 0.15) is 36.5 Å². The van der Waals surface area contributed by atoms with Crippen LogP contribution in [0.3, 0.4) is 0 Å². The summed E-state index contributed by atoms with van der Waals surface area (Å²) in [5, 5.41) is 14.3. The Bertz CT molecular complexity index is 557. The Morgan fingerprint density at radius 3 is 2.45 bits per heavy atom. The maximum Gasteiger partial charge on any atom is 0.339 e. The molecule has 0 heterocycles. The van der Waals surface area contributed by atoms with Gasteiger partial charge in [0.05, 0.1) is 7.11 Å².